The van der Waals surface area contributed by atoms with Gasteiger partial charge in [-0.25, -0.2) is 4.79 Å². The second kappa shape index (κ2) is 3.76. The monoisotopic (exact) mass is 250 g/mol. The van der Waals surface area contributed by atoms with Gasteiger partial charge in [0.2, 0.25) is 0 Å². The van der Waals surface area contributed by atoms with Crippen molar-refractivity contribution in [2.75, 3.05) is 7.11 Å². The van der Waals surface area contributed by atoms with E-state index in [0.717, 1.165) is 0 Å². The Labute approximate surface area is 94.0 Å². The number of hydrogen-bond donors (Lipinski definition) is 0. The van der Waals surface area contributed by atoms with E-state index in [1.165, 1.54) is 7.11 Å². The van der Waals surface area contributed by atoms with E-state index in [4.69, 9.17) is 0 Å². The van der Waals surface area contributed by atoms with E-state index in [1.807, 2.05) is 0 Å². The van der Waals surface area contributed by atoms with Crippen LogP contribution in [-0.2, 0) is 23.8 Å². The van der Waals surface area contributed by atoms with Crippen LogP contribution in [0.5, 0.6) is 0 Å². The Kier molecular flexibility index (Phi) is 2.69. The molecule has 1 heterocycles. The molecular weight excluding hydrogens is 241 g/mol. The zero-order chi connectivity index (χ0) is 11.9. The highest BCUT2D eigenvalue weighted by Crippen LogP contribution is 2.44. The Bertz CT molecular complexity index is 434. The number of alkyl halides is 3. The molecule has 1 aliphatic rings. The highest BCUT2D eigenvalue weighted by atomic mass is 32.1. The number of halogens is 3. The Balaban J connectivity index is 2.54. The van der Waals surface area contributed by atoms with Crippen molar-refractivity contribution in [3.8, 4) is 0 Å². The van der Waals surface area contributed by atoms with Crippen LogP contribution in [0.1, 0.15) is 32.1 Å². The van der Waals surface area contributed by atoms with Crippen LogP contribution in [-0.4, -0.2) is 13.1 Å². The Hall–Kier alpha value is -1.04. The highest BCUT2D eigenvalue weighted by Gasteiger charge is 2.40. The predicted molar refractivity (Wildman–Crippen MR) is 52.7 cm³/mol. The Morgan fingerprint density at radius 3 is 2.50 bits per heavy atom. The van der Waals surface area contributed by atoms with Crippen LogP contribution < -0.4 is 0 Å². The van der Waals surface area contributed by atoms with Gasteiger partial charge in [-0.2, -0.15) is 13.2 Å². The molecule has 0 bridgehead atoms. The molecule has 0 saturated heterocycles. The van der Waals surface area contributed by atoms with Gasteiger partial charge in [-0.15, -0.1) is 11.3 Å². The van der Waals surface area contributed by atoms with Gasteiger partial charge in [0.25, 0.3) is 0 Å². The molecule has 1 aromatic heterocycles. The van der Waals surface area contributed by atoms with Crippen molar-refractivity contribution in [3.63, 3.8) is 0 Å². The van der Waals surface area contributed by atoms with Crippen LogP contribution in [0.25, 0.3) is 0 Å². The minimum absolute atomic E-state index is 0.113. The number of fused-ring (bicyclic) bond motifs is 1. The normalized spacial score (nSPS) is 15.0. The van der Waals surface area contributed by atoms with E-state index >= 15 is 0 Å². The van der Waals surface area contributed by atoms with Crippen LogP contribution in [0.3, 0.4) is 0 Å². The van der Waals surface area contributed by atoms with E-state index < -0.39 is 17.0 Å². The van der Waals surface area contributed by atoms with Crippen LogP contribution in [0.4, 0.5) is 13.2 Å². The average molecular weight is 250 g/mol. The van der Waals surface area contributed by atoms with Crippen molar-refractivity contribution in [2.24, 2.45) is 0 Å². The number of carbonyl (C=O) groups excluding carboxylic acids is 1. The van der Waals surface area contributed by atoms with Crippen molar-refractivity contribution < 1.29 is 22.7 Å². The summed E-state index contributed by atoms with van der Waals surface area (Å²) in [6.45, 7) is 0. The maximum absolute atomic E-state index is 12.7. The number of rotatable bonds is 1. The average Bonchev–Trinajstić information content (AvgIpc) is 2.74. The number of carbonyl (C=O) groups is 1. The first-order valence-electron chi connectivity index (χ1n) is 4.75. The lowest BCUT2D eigenvalue weighted by molar-refractivity contribution is -0.134. The SMILES string of the molecule is COC(=O)c1sc(C(F)(F)F)c2c1CCC2. The fourth-order valence-corrected chi connectivity index (χ4v) is 3.14. The minimum atomic E-state index is -4.37. The molecule has 0 spiro atoms. The maximum Gasteiger partial charge on any atom is 0.425 e. The molecule has 0 N–H and O–H groups in total. The number of esters is 1. The highest BCUT2D eigenvalue weighted by molar-refractivity contribution is 7.14. The van der Waals surface area contributed by atoms with Crippen molar-refractivity contribution in [1.82, 2.24) is 0 Å². The van der Waals surface area contributed by atoms with E-state index in [9.17, 15) is 18.0 Å². The fourth-order valence-electron chi connectivity index (χ4n) is 1.96. The maximum atomic E-state index is 12.7. The number of thiophene rings is 1. The van der Waals surface area contributed by atoms with Gasteiger partial charge >= 0.3 is 12.1 Å². The lowest BCUT2D eigenvalue weighted by Gasteiger charge is -2.04. The van der Waals surface area contributed by atoms with Crippen molar-refractivity contribution >= 4 is 17.3 Å². The molecule has 1 aromatic rings. The fraction of sp³-hybridized carbons (Fsp3) is 0.500. The second-order valence-corrected chi connectivity index (χ2v) is 4.58. The molecular formula is C10H9F3O2S. The summed E-state index contributed by atoms with van der Waals surface area (Å²) in [5.74, 6) is -0.668. The molecule has 0 aromatic carbocycles. The molecule has 0 radical (unpaired) electrons. The summed E-state index contributed by atoms with van der Waals surface area (Å²) in [6, 6.07) is 0. The van der Waals surface area contributed by atoms with Gasteiger partial charge in [-0.3, -0.25) is 0 Å². The standard InChI is InChI=1S/C10H9F3O2S/c1-15-9(14)7-5-3-2-4-6(5)8(16-7)10(11,12)13/h2-4H2,1H3. The van der Waals surface area contributed by atoms with Gasteiger partial charge in [0.15, 0.2) is 0 Å². The minimum Gasteiger partial charge on any atom is -0.465 e. The first-order chi connectivity index (χ1) is 7.45. The van der Waals surface area contributed by atoms with Gasteiger partial charge in [0, 0.05) is 0 Å². The number of methoxy groups -OCH3 is 1. The third-order valence-electron chi connectivity index (χ3n) is 2.60. The summed E-state index contributed by atoms with van der Waals surface area (Å²) >= 11 is 0.502. The van der Waals surface area contributed by atoms with E-state index in [0.29, 0.717) is 36.2 Å². The lowest BCUT2D eigenvalue weighted by Crippen LogP contribution is -2.04. The van der Waals surface area contributed by atoms with Gasteiger partial charge in [-0.05, 0) is 30.4 Å². The van der Waals surface area contributed by atoms with Crippen LogP contribution >= 0.6 is 11.3 Å². The topological polar surface area (TPSA) is 26.3 Å². The molecule has 88 valence electrons. The molecule has 1 aliphatic carbocycles. The Morgan fingerprint density at radius 2 is 1.94 bits per heavy atom. The molecule has 6 heteroatoms. The molecule has 0 atom stereocenters. The third-order valence-corrected chi connectivity index (χ3v) is 3.90. The van der Waals surface area contributed by atoms with Gasteiger partial charge in [0.1, 0.15) is 9.75 Å². The molecule has 0 unspecified atom stereocenters. The van der Waals surface area contributed by atoms with Gasteiger partial charge < -0.3 is 4.74 Å². The quantitative estimate of drug-likeness (QED) is 0.716. The summed E-state index contributed by atoms with van der Waals surface area (Å²) < 4.78 is 42.5. The summed E-state index contributed by atoms with van der Waals surface area (Å²) in [4.78, 5) is 10.8. The largest absolute Gasteiger partial charge is 0.465 e. The van der Waals surface area contributed by atoms with Crippen LogP contribution in [0.15, 0.2) is 0 Å². The lowest BCUT2D eigenvalue weighted by atomic mass is 10.1. The Morgan fingerprint density at radius 1 is 1.31 bits per heavy atom. The molecule has 0 amide bonds. The first kappa shape index (κ1) is 11.4. The molecule has 16 heavy (non-hydrogen) atoms. The van der Waals surface area contributed by atoms with Crippen LogP contribution in [0, 0.1) is 0 Å². The predicted octanol–water partition coefficient (Wildman–Crippen LogP) is 3.04. The summed E-state index contributed by atoms with van der Waals surface area (Å²) in [6.07, 6.45) is -2.76. The zero-order valence-electron chi connectivity index (χ0n) is 8.48. The molecule has 0 fully saturated rings. The summed E-state index contributed by atoms with van der Waals surface area (Å²) in [5.41, 5.74) is 0.821. The molecule has 0 saturated carbocycles. The molecule has 2 nitrogen and oxygen atoms in total. The van der Waals surface area contributed by atoms with Crippen molar-refractivity contribution in [1.29, 1.82) is 0 Å². The first-order valence-corrected chi connectivity index (χ1v) is 5.57. The van der Waals surface area contributed by atoms with Crippen molar-refractivity contribution in [2.45, 2.75) is 25.4 Å². The summed E-state index contributed by atoms with van der Waals surface area (Å²) in [5, 5.41) is 0. The van der Waals surface area contributed by atoms with Gasteiger partial charge in [-0.1, -0.05) is 0 Å². The summed E-state index contributed by atoms with van der Waals surface area (Å²) in [7, 11) is 1.18. The number of hydrogen-bond acceptors (Lipinski definition) is 3. The molecule has 0 aliphatic heterocycles. The smallest absolute Gasteiger partial charge is 0.425 e. The van der Waals surface area contributed by atoms with Gasteiger partial charge in [0.05, 0.1) is 7.11 Å². The van der Waals surface area contributed by atoms with Crippen molar-refractivity contribution in [3.05, 3.63) is 20.9 Å². The zero-order valence-corrected chi connectivity index (χ0v) is 9.30. The van der Waals surface area contributed by atoms with Crippen LogP contribution in [0.2, 0.25) is 0 Å². The van der Waals surface area contributed by atoms with E-state index in [2.05, 4.69) is 4.74 Å². The van der Waals surface area contributed by atoms with E-state index in [-0.39, 0.29) is 10.4 Å². The third kappa shape index (κ3) is 1.71. The molecule has 2 rings (SSSR count). The van der Waals surface area contributed by atoms with E-state index in [1.54, 1.807) is 0 Å². The second-order valence-electron chi connectivity index (χ2n) is 3.56. The number of ether oxygens (including phenoxy) is 1.